The normalized spacial score (nSPS) is 10.6. The first kappa shape index (κ1) is 19.4. The van der Waals surface area contributed by atoms with Gasteiger partial charge in [0.2, 0.25) is 0 Å². The van der Waals surface area contributed by atoms with Gasteiger partial charge in [0.25, 0.3) is 5.91 Å². The van der Waals surface area contributed by atoms with Crippen LogP contribution in [0.3, 0.4) is 0 Å². The lowest BCUT2D eigenvalue weighted by molar-refractivity contribution is -0.385. The lowest BCUT2D eigenvalue weighted by Crippen LogP contribution is -2.28. The van der Waals surface area contributed by atoms with Gasteiger partial charge in [-0.25, -0.2) is 4.68 Å². The van der Waals surface area contributed by atoms with Crippen molar-refractivity contribution in [1.82, 2.24) is 24.9 Å². The summed E-state index contributed by atoms with van der Waals surface area (Å²) in [6.45, 7) is 2.59. The molecule has 0 saturated carbocycles. The van der Waals surface area contributed by atoms with Gasteiger partial charge in [-0.2, -0.15) is 10.2 Å². The predicted octanol–water partition coefficient (Wildman–Crippen LogP) is 2.42. The largest absolute Gasteiger partial charge is 0.471 e. The first-order chi connectivity index (χ1) is 13.4. The zero-order valence-corrected chi connectivity index (χ0v) is 15.7. The number of carbonyl (C=O) groups excluding carboxylic acids is 1. The highest BCUT2D eigenvalue weighted by Gasteiger charge is 2.11. The van der Waals surface area contributed by atoms with Crippen molar-refractivity contribution in [2.45, 2.75) is 20.2 Å². The Bertz CT molecular complexity index is 999. The Morgan fingerprint density at radius 1 is 1.36 bits per heavy atom. The number of hydrogen-bond donors (Lipinski definition) is 1. The number of benzene rings is 1. The molecule has 0 spiro atoms. The van der Waals surface area contributed by atoms with Crippen LogP contribution in [0.25, 0.3) is 0 Å². The molecule has 28 heavy (non-hydrogen) atoms. The summed E-state index contributed by atoms with van der Waals surface area (Å²) in [4.78, 5) is 22.2. The second kappa shape index (κ2) is 8.53. The van der Waals surface area contributed by atoms with Gasteiger partial charge in [0.05, 0.1) is 11.5 Å². The van der Waals surface area contributed by atoms with Crippen LogP contribution >= 0.6 is 11.6 Å². The number of carbonyl (C=O) groups is 1. The summed E-state index contributed by atoms with van der Waals surface area (Å²) in [5, 5.41) is 22.0. The molecule has 0 aliphatic carbocycles. The van der Waals surface area contributed by atoms with E-state index in [0.717, 1.165) is 11.8 Å². The average molecular weight is 405 g/mol. The molecule has 2 aromatic heterocycles. The summed E-state index contributed by atoms with van der Waals surface area (Å²) >= 11 is 5.98. The van der Waals surface area contributed by atoms with E-state index in [1.54, 1.807) is 24.4 Å². The first-order valence-electron chi connectivity index (χ1n) is 8.30. The quantitative estimate of drug-likeness (QED) is 0.455. The fourth-order valence-electron chi connectivity index (χ4n) is 2.35. The van der Waals surface area contributed by atoms with E-state index in [2.05, 4.69) is 15.5 Å². The zero-order chi connectivity index (χ0) is 20.1. The van der Waals surface area contributed by atoms with Gasteiger partial charge in [-0.1, -0.05) is 11.6 Å². The first-order valence-corrected chi connectivity index (χ1v) is 8.67. The maximum absolute atomic E-state index is 12.1. The topological polar surface area (TPSA) is 117 Å². The van der Waals surface area contributed by atoms with Crippen molar-refractivity contribution in [3.05, 3.63) is 69.3 Å². The van der Waals surface area contributed by atoms with Crippen molar-refractivity contribution in [2.75, 3.05) is 6.54 Å². The minimum atomic E-state index is -0.526. The van der Waals surface area contributed by atoms with Gasteiger partial charge in [-0.05, 0) is 36.8 Å². The number of nitrogens with one attached hydrogen (secondary N) is 1. The number of aryl methyl sites for hydroxylation is 1. The van der Waals surface area contributed by atoms with Crippen LogP contribution in [0.4, 0.5) is 5.69 Å². The lowest BCUT2D eigenvalue weighted by Gasteiger charge is -2.07. The van der Waals surface area contributed by atoms with Crippen LogP contribution in [-0.4, -0.2) is 36.9 Å². The molecule has 10 nitrogen and oxygen atoms in total. The molecular weight excluding hydrogens is 388 g/mol. The van der Waals surface area contributed by atoms with Crippen LogP contribution in [0.1, 0.15) is 16.1 Å². The van der Waals surface area contributed by atoms with Gasteiger partial charge in [-0.15, -0.1) is 0 Å². The molecule has 2 heterocycles. The van der Waals surface area contributed by atoms with Crippen LogP contribution < -0.4 is 10.1 Å². The third-order valence-electron chi connectivity index (χ3n) is 3.82. The smallest absolute Gasteiger partial charge is 0.306 e. The monoisotopic (exact) mass is 404 g/mol. The van der Waals surface area contributed by atoms with Crippen molar-refractivity contribution in [3.8, 4) is 5.75 Å². The molecule has 3 rings (SSSR count). The third kappa shape index (κ3) is 4.86. The van der Waals surface area contributed by atoms with E-state index in [1.165, 1.54) is 15.6 Å². The van der Waals surface area contributed by atoms with Crippen LogP contribution in [0.5, 0.6) is 5.75 Å². The van der Waals surface area contributed by atoms with E-state index in [4.69, 9.17) is 16.3 Å². The second-order valence-corrected chi connectivity index (χ2v) is 6.31. The number of nitrogens with zero attached hydrogens (tertiary/aromatic N) is 5. The summed E-state index contributed by atoms with van der Waals surface area (Å²) in [6, 6.07) is 6.90. The van der Waals surface area contributed by atoms with Crippen molar-refractivity contribution in [1.29, 1.82) is 0 Å². The fourth-order valence-corrected chi connectivity index (χ4v) is 2.46. The molecule has 1 N–H and O–H groups in total. The minimum Gasteiger partial charge on any atom is -0.471 e. The average Bonchev–Trinajstić information content (AvgIpc) is 3.32. The lowest BCUT2D eigenvalue weighted by atomic mass is 10.2. The molecule has 0 unspecified atom stereocenters. The highest BCUT2D eigenvalue weighted by molar-refractivity contribution is 6.31. The van der Waals surface area contributed by atoms with Crippen molar-refractivity contribution >= 4 is 23.2 Å². The third-order valence-corrected chi connectivity index (χ3v) is 4.25. The number of ether oxygens (including phenoxy) is 1. The number of hydrogen-bond acceptors (Lipinski definition) is 6. The maximum Gasteiger partial charge on any atom is 0.306 e. The Kier molecular flexibility index (Phi) is 5.90. The Morgan fingerprint density at radius 3 is 2.89 bits per heavy atom. The Hall–Kier alpha value is -3.40. The molecule has 0 aliphatic heterocycles. The summed E-state index contributed by atoms with van der Waals surface area (Å²) in [5.41, 5.74) is 1.05. The fraction of sp³-hybridized carbons (Fsp3) is 0.235. The highest BCUT2D eigenvalue weighted by atomic mass is 35.5. The van der Waals surface area contributed by atoms with Gasteiger partial charge in [-0.3, -0.25) is 19.6 Å². The number of nitro groups is 1. The second-order valence-electron chi connectivity index (χ2n) is 5.90. The van der Waals surface area contributed by atoms with Crippen LogP contribution in [0.15, 0.2) is 42.9 Å². The van der Waals surface area contributed by atoms with E-state index in [9.17, 15) is 14.9 Å². The van der Waals surface area contributed by atoms with Crippen molar-refractivity contribution in [2.24, 2.45) is 0 Å². The molecule has 146 valence electrons. The summed E-state index contributed by atoms with van der Waals surface area (Å²) < 4.78 is 8.51. The Balaban J connectivity index is 1.47. The molecule has 1 amide bonds. The SMILES string of the molecule is Cc1cc(OCn2ccc(C(=O)NCCn3cc([N+](=O)[O-])cn3)n2)ccc1Cl. The van der Waals surface area contributed by atoms with Crippen LogP contribution in [0, 0.1) is 17.0 Å². The van der Waals surface area contributed by atoms with Crippen molar-refractivity contribution < 1.29 is 14.5 Å². The molecule has 0 fully saturated rings. The maximum atomic E-state index is 12.1. The van der Waals surface area contributed by atoms with Crippen LogP contribution in [0.2, 0.25) is 5.02 Å². The van der Waals surface area contributed by atoms with Crippen LogP contribution in [-0.2, 0) is 13.3 Å². The van der Waals surface area contributed by atoms with Gasteiger partial charge in [0.15, 0.2) is 6.73 Å². The Morgan fingerprint density at radius 2 is 2.18 bits per heavy atom. The molecule has 0 saturated heterocycles. The molecule has 0 aliphatic rings. The van der Waals surface area contributed by atoms with Gasteiger partial charge in [0, 0.05) is 17.8 Å². The number of rotatable bonds is 8. The summed E-state index contributed by atoms with van der Waals surface area (Å²) in [7, 11) is 0. The standard InChI is InChI=1S/C17H17ClN6O4/c1-12-8-14(2-3-15(12)18)28-11-23-6-4-16(21-23)17(25)19-5-7-22-10-13(9-20-22)24(26)27/h2-4,6,8-10H,5,7,11H2,1H3,(H,19,25). The molecule has 0 atom stereocenters. The van der Waals surface area contributed by atoms with E-state index < -0.39 is 4.92 Å². The molecular formula is C17H17ClN6O4. The number of halogens is 1. The summed E-state index contributed by atoms with van der Waals surface area (Å²) in [5.74, 6) is 0.291. The van der Waals surface area contributed by atoms with Gasteiger partial charge >= 0.3 is 5.69 Å². The number of aromatic nitrogens is 4. The van der Waals surface area contributed by atoms with E-state index in [1.807, 2.05) is 13.0 Å². The van der Waals surface area contributed by atoms with E-state index >= 15 is 0 Å². The van der Waals surface area contributed by atoms with E-state index in [-0.39, 0.29) is 30.6 Å². The number of amides is 1. The molecule has 1 aromatic carbocycles. The minimum absolute atomic E-state index is 0.0963. The highest BCUT2D eigenvalue weighted by Crippen LogP contribution is 2.21. The molecule has 11 heteroatoms. The van der Waals surface area contributed by atoms with Crippen molar-refractivity contribution in [3.63, 3.8) is 0 Å². The van der Waals surface area contributed by atoms with Gasteiger partial charge in [0.1, 0.15) is 23.8 Å². The molecule has 0 radical (unpaired) electrons. The Labute approximate surface area is 164 Å². The van der Waals surface area contributed by atoms with Gasteiger partial charge < -0.3 is 10.1 Å². The zero-order valence-electron chi connectivity index (χ0n) is 14.9. The predicted molar refractivity (Wildman–Crippen MR) is 100 cm³/mol. The van der Waals surface area contributed by atoms with E-state index in [0.29, 0.717) is 17.3 Å². The molecule has 0 bridgehead atoms. The summed E-state index contributed by atoms with van der Waals surface area (Å²) in [6.07, 6.45) is 4.09. The molecule has 3 aromatic rings.